The van der Waals surface area contributed by atoms with Crippen LogP contribution in [0.2, 0.25) is 0 Å². The van der Waals surface area contributed by atoms with Gasteiger partial charge in [-0.15, -0.1) is 0 Å². The molecule has 2 aliphatic rings. The molecule has 1 amide bonds. The van der Waals surface area contributed by atoms with Gasteiger partial charge >= 0.3 is 0 Å². The minimum Gasteiger partial charge on any atom is -0.369 e. The number of carbonyl (C=O) groups is 1. The average molecular weight is 428 g/mol. The molecule has 2 aromatic rings. The zero-order valence-electron chi connectivity index (χ0n) is 18.1. The third-order valence-corrected chi connectivity index (χ3v) is 8.07. The van der Waals surface area contributed by atoms with E-state index in [0.29, 0.717) is 37.5 Å². The number of fused-ring (bicyclic) bond motifs is 1. The number of anilines is 2. The van der Waals surface area contributed by atoms with Crippen molar-refractivity contribution in [1.82, 2.24) is 4.31 Å². The lowest BCUT2D eigenvalue weighted by Gasteiger charge is -2.36. The summed E-state index contributed by atoms with van der Waals surface area (Å²) in [5, 5.41) is 0. The van der Waals surface area contributed by atoms with Crippen molar-refractivity contribution >= 4 is 27.3 Å². The fourth-order valence-corrected chi connectivity index (χ4v) is 6.20. The standard InChI is InChI=1S/C23H29N3O3S/c1-16-5-7-22(17(2)13-16)24-9-11-25(12-10-24)30(28,29)21-6-8-23-20(15-21)14-18(3)26(23)19(4)27/h5-8,13,15,18H,9-12,14H2,1-4H3/t18-/m1/s1. The van der Waals surface area contributed by atoms with Crippen LogP contribution >= 0.6 is 0 Å². The van der Waals surface area contributed by atoms with Crippen LogP contribution in [0.5, 0.6) is 0 Å². The molecule has 2 aliphatic heterocycles. The van der Waals surface area contributed by atoms with E-state index < -0.39 is 10.0 Å². The molecule has 2 heterocycles. The van der Waals surface area contributed by atoms with Crippen LogP contribution in [-0.4, -0.2) is 50.9 Å². The third-order valence-electron chi connectivity index (χ3n) is 6.18. The quantitative estimate of drug-likeness (QED) is 0.755. The molecule has 6 nitrogen and oxygen atoms in total. The number of rotatable bonds is 3. The summed E-state index contributed by atoms with van der Waals surface area (Å²) in [5.74, 6) is -0.0145. The second-order valence-electron chi connectivity index (χ2n) is 8.41. The highest BCUT2D eigenvalue weighted by Crippen LogP contribution is 2.34. The molecule has 0 radical (unpaired) electrons. The van der Waals surface area contributed by atoms with E-state index in [9.17, 15) is 13.2 Å². The third kappa shape index (κ3) is 3.61. The number of benzene rings is 2. The van der Waals surface area contributed by atoms with Gasteiger partial charge in [0.25, 0.3) is 0 Å². The lowest BCUT2D eigenvalue weighted by molar-refractivity contribution is -0.116. The predicted molar refractivity (Wildman–Crippen MR) is 120 cm³/mol. The highest BCUT2D eigenvalue weighted by Gasteiger charge is 2.33. The Bertz CT molecular complexity index is 1090. The first-order chi connectivity index (χ1) is 14.2. The Morgan fingerprint density at radius 1 is 0.967 bits per heavy atom. The second-order valence-corrected chi connectivity index (χ2v) is 10.4. The number of carbonyl (C=O) groups excluding carboxylic acids is 1. The van der Waals surface area contributed by atoms with E-state index in [4.69, 9.17) is 0 Å². The second kappa shape index (κ2) is 7.71. The van der Waals surface area contributed by atoms with E-state index in [1.165, 1.54) is 16.8 Å². The SMILES string of the molecule is CC(=O)N1c2ccc(S(=O)(=O)N3CCN(c4ccc(C)cc4C)CC3)cc2C[C@H]1C. The Labute approximate surface area is 179 Å². The van der Waals surface area contributed by atoms with Gasteiger partial charge in [-0.1, -0.05) is 17.7 Å². The Balaban J connectivity index is 1.52. The Hall–Kier alpha value is -2.38. The minimum absolute atomic E-state index is 0.0145. The summed E-state index contributed by atoms with van der Waals surface area (Å²) in [4.78, 5) is 16.3. The molecule has 160 valence electrons. The van der Waals surface area contributed by atoms with E-state index >= 15 is 0 Å². The molecule has 4 rings (SSSR count). The van der Waals surface area contributed by atoms with Crippen molar-refractivity contribution in [3.05, 3.63) is 53.1 Å². The number of aryl methyl sites for hydroxylation is 2. The lowest BCUT2D eigenvalue weighted by atomic mass is 10.1. The molecule has 0 spiro atoms. The van der Waals surface area contributed by atoms with Gasteiger partial charge in [-0.2, -0.15) is 4.31 Å². The fourth-order valence-electron chi connectivity index (χ4n) is 4.73. The highest BCUT2D eigenvalue weighted by atomic mass is 32.2. The molecule has 0 bridgehead atoms. The average Bonchev–Trinajstić information content (AvgIpc) is 3.03. The van der Waals surface area contributed by atoms with Gasteiger partial charge in [-0.05, 0) is 62.6 Å². The number of hydrogen-bond acceptors (Lipinski definition) is 4. The smallest absolute Gasteiger partial charge is 0.243 e. The summed E-state index contributed by atoms with van der Waals surface area (Å²) in [7, 11) is -3.56. The topological polar surface area (TPSA) is 60.9 Å². The van der Waals surface area contributed by atoms with Gasteiger partial charge in [-0.3, -0.25) is 4.79 Å². The number of piperazine rings is 1. The summed E-state index contributed by atoms with van der Waals surface area (Å²) in [6.45, 7) is 9.97. The van der Waals surface area contributed by atoms with Crippen LogP contribution in [0.4, 0.5) is 11.4 Å². The molecule has 2 aromatic carbocycles. The molecule has 0 N–H and O–H groups in total. The van der Waals surface area contributed by atoms with Crippen LogP contribution < -0.4 is 9.80 Å². The van der Waals surface area contributed by atoms with Crippen molar-refractivity contribution in [2.45, 2.75) is 45.1 Å². The molecule has 0 unspecified atom stereocenters. The van der Waals surface area contributed by atoms with Crippen LogP contribution in [0, 0.1) is 13.8 Å². The molecule has 1 saturated heterocycles. The molecule has 7 heteroatoms. The molecular formula is C23H29N3O3S. The molecule has 0 saturated carbocycles. The number of sulfonamides is 1. The fraction of sp³-hybridized carbons (Fsp3) is 0.435. The summed E-state index contributed by atoms with van der Waals surface area (Å²) < 4.78 is 28.1. The number of hydrogen-bond donors (Lipinski definition) is 0. The van der Waals surface area contributed by atoms with E-state index in [-0.39, 0.29) is 11.9 Å². The summed E-state index contributed by atoms with van der Waals surface area (Å²) in [6, 6.07) is 11.6. The first kappa shape index (κ1) is 20.9. The van der Waals surface area contributed by atoms with Crippen LogP contribution in [0.3, 0.4) is 0 Å². The molecule has 0 aliphatic carbocycles. The van der Waals surface area contributed by atoms with E-state index in [1.807, 2.05) is 6.92 Å². The zero-order chi connectivity index (χ0) is 21.6. The van der Waals surface area contributed by atoms with Crippen LogP contribution in [0.15, 0.2) is 41.3 Å². The summed E-state index contributed by atoms with van der Waals surface area (Å²) in [6.07, 6.45) is 0.679. The van der Waals surface area contributed by atoms with Crippen LogP contribution in [0.25, 0.3) is 0 Å². The first-order valence-electron chi connectivity index (χ1n) is 10.4. The van der Waals surface area contributed by atoms with Gasteiger partial charge in [-0.25, -0.2) is 8.42 Å². The van der Waals surface area contributed by atoms with Crippen LogP contribution in [0.1, 0.15) is 30.5 Å². The van der Waals surface area contributed by atoms with Gasteiger partial charge in [0.2, 0.25) is 15.9 Å². The molecule has 1 atom stereocenters. The first-order valence-corrected chi connectivity index (χ1v) is 11.9. The molecule has 1 fully saturated rings. The van der Waals surface area contributed by atoms with Gasteiger partial charge < -0.3 is 9.80 Å². The predicted octanol–water partition coefficient (Wildman–Crippen LogP) is 3.11. The zero-order valence-corrected chi connectivity index (χ0v) is 18.9. The Morgan fingerprint density at radius 3 is 2.27 bits per heavy atom. The van der Waals surface area contributed by atoms with Crippen LogP contribution in [-0.2, 0) is 21.2 Å². The molecule has 30 heavy (non-hydrogen) atoms. The number of nitrogens with zero attached hydrogens (tertiary/aromatic N) is 3. The summed E-state index contributed by atoms with van der Waals surface area (Å²) in [5.41, 5.74) is 5.37. The number of amides is 1. The Morgan fingerprint density at radius 2 is 1.63 bits per heavy atom. The van der Waals surface area contributed by atoms with E-state index in [1.54, 1.807) is 34.3 Å². The normalized spacial score (nSPS) is 19.8. The van der Waals surface area contributed by atoms with Crippen molar-refractivity contribution in [3.63, 3.8) is 0 Å². The van der Waals surface area contributed by atoms with Crippen molar-refractivity contribution in [3.8, 4) is 0 Å². The van der Waals surface area contributed by atoms with Gasteiger partial charge in [0.1, 0.15) is 0 Å². The monoisotopic (exact) mass is 427 g/mol. The maximum absolute atomic E-state index is 13.3. The minimum atomic E-state index is -3.56. The van der Waals surface area contributed by atoms with Crippen molar-refractivity contribution in [2.75, 3.05) is 36.0 Å². The van der Waals surface area contributed by atoms with Gasteiger partial charge in [0, 0.05) is 50.5 Å². The van der Waals surface area contributed by atoms with E-state index in [2.05, 4.69) is 36.9 Å². The maximum Gasteiger partial charge on any atom is 0.243 e. The summed E-state index contributed by atoms with van der Waals surface area (Å²) >= 11 is 0. The van der Waals surface area contributed by atoms with Gasteiger partial charge in [0.15, 0.2) is 0 Å². The van der Waals surface area contributed by atoms with Crippen molar-refractivity contribution < 1.29 is 13.2 Å². The largest absolute Gasteiger partial charge is 0.369 e. The van der Waals surface area contributed by atoms with Gasteiger partial charge in [0.05, 0.1) is 4.90 Å². The molecular weight excluding hydrogens is 398 g/mol. The maximum atomic E-state index is 13.3. The van der Waals surface area contributed by atoms with E-state index in [0.717, 1.165) is 11.3 Å². The Kier molecular flexibility index (Phi) is 5.36. The lowest BCUT2D eigenvalue weighted by Crippen LogP contribution is -2.48. The highest BCUT2D eigenvalue weighted by molar-refractivity contribution is 7.89. The van der Waals surface area contributed by atoms with Crippen molar-refractivity contribution in [2.24, 2.45) is 0 Å². The molecule has 0 aromatic heterocycles. The van der Waals surface area contributed by atoms with Crippen molar-refractivity contribution in [1.29, 1.82) is 0 Å².